The molecule has 0 aromatic heterocycles. The summed E-state index contributed by atoms with van der Waals surface area (Å²) in [6.45, 7) is 0. The van der Waals surface area contributed by atoms with Gasteiger partial charge in [0, 0.05) is 18.4 Å². The fourth-order valence-corrected chi connectivity index (χ4v) is 3.05. The van der Waals surface area contributed by atoms with E-state index in [-0.39, 0.29) is 11.9 Å². The predicted octanol–water partition coefficient (Wildman–Crippen LogP) is 3.92. The summed E-state index contributed by atoms with van der Waals surface area (Å²) in [5.41, 5.74) is 5.15. The smallest absolute Gasteiger partial charge is 0.160 e. The lowest BCUT2D eigenvalue weighted by molar-refractivity contribution is -0.114. The van der Waals surface area contributed by atoms with Gasteiger partial charge in [-0.05, 0) is 34.9 Å². The molecule has 0 fully saturated rings. The van der Waals surface area contributed by atoms with E-state index in [0.29, 0.717) is 12.8 Å². The second-order valence-corrected chi connectivity index (χ2v) is 5.97. The Hall–Kier alpha value is -2.88. The van der Waals surface area contributed by atoms with Crippen LogP contribution >= 0.6 is 0 Å². The highest BCUT2D eigenvalue weighted by Gasteiger charge is 2.26. The maximum Gasteiger partial charge on any atom is 0.160 e. The van der Waals surface area contributed by atoms with Gasteiger partial charge in [0.25, 0.3) is 0 Å². The van der Waals surface area contributed by atoms with Gasteiger partial charge in [0.1, 0.15) is 5.75 Å². The van der Waals surface area contributed by atoms with E-state index in [0.717, 1.165) is 33.7 Å². The van der Waals surface area contributed by atoms with Crippen LogP contribution in [0, 0.1) is 0 Å². The number of ketones is 1. The van der Waals surface area contributed by atoms with Crippen LogP contribution < -0.4 is 4.74 Å². The average molecular weight is 319 g/mol. The van der Waals surface area contributed by atoms with Crippen molar-refractivity contribution in [3.05, 3.63) is 71.3 Å². The van der Waals surface area contributed by atoms with Gasteiger partial charge in [-0.2, -0.15) is 0 Å². The third-order valence-electron chi connectivity index (χ3n) is 4.44. The van der Waals surface area contributed by atoms with E-state index in [2.05, 4.69) is 5.16 Å². The van der Waals surface area contributed by atoms with Gasteiger partial charge in [-0.25, -0.2) is 0 Å². The zero-order valence-corrected chi connectivity index (χ0v) is 13.4. The highest BCUT2D eigenvalue weighted by molar-refractivity contribution is 6.11. The molecular weight excluding hydrogens is 302 g/mol. The van der Waals surface area contributed by atoms with Gasteiger partial charge >= 0.3 is 0 Å². The van der Waals surface area contributed by atoms with E-state index in [4.69, 9.17) is 9.57 Å². The molecule has 1 unspecified atom stereocenters. The summed E-state index contributed by atoms with van der Waals surface area (Å²) < 4.78 is 5.40. The molecular formula is C20H17NO3. The Morgan fingerprint density at radius 2 is 1.88 bits per heavy atom. The molecule has 2 aliphatic rings. The van der Waals surface area contributed by atoms with Crippen LogP contribution in [0.15, 0.2) is 59.8 Å². The summed E-state index contributed by atoms with van der Waals surface area (Å²) in [5, 5.41) is 4.25. The summed E-state index contributed by atoms with van der Waals surface area (Å²) in [6, 6.07) is 16.0. The van der Waals surface area contributed by atoms with Crippen molar-refractivity contribution in [3.63, 3.8) is 0 Å². The molecule has 4 heteroatoms. The Kier molecular flexibility index (Phi) is 3.65. The lowest BCUT2D eigenvalue weighted by Crippen LogP contribution is -2.07. The molecule has 4 rings (SSSR count). The maximum absolute atomic E-state index is 11.1. The molecule has 0 saturated carbocycles. The Balaban J connectivity index is 1.50. The summed E-state index contributed by atoms with van der Waals surface area (Å²) in [6.07, 6.45) is 2.86. The van der Waals surface area contributed by atoms with Crippen molar-refractivity contribution in [1.82, 2.24) is 0 Å². The lowest BCUT2D eigenvalue weighted by atomic mass is 9.89. The average Bonchev–Trinajstić information content (AvgIpc) is 3.09. The first-order valence-electron chi connectivity index (χ1n) is 7.94. The van der Waals surface area contributed by atoms with Crippen molar-refractivity contribution in [2.75, 3.05) is 7.11 Å². The van der Waals surface area contributed by atoms with Crippen molar-refractivity contribution in [3.8, 4) is 5.75 Å². The van der Waals surface area contributed by atoms with Gasteiger partial charge in [-0.1, -0.05) is 41.6 Å². The van der Waals surface area contributed by atoms with Gasteiger partial charge in [0.05, 0.1) is 12.8 Å². The van der Waals surface area contributed by atoms with E-state index in [1.54, 1.807) is 13.2 Å². The van der Waals surface area contributed by atoms with Gasteiger partial charge in [-0.15, -0.1) is 0 Å². The first-order chi connectivity index (χ1) is 11.7. The molecule has 2 aromatic rings. The summed E-state index contributed by atoms with van der Waals surface area (Å²) in [7, 11) is 1.66. The number of allylic oxidation sites excluding steroid dienone is 2. The number of methoxy groups -OCH3 is 1. The summed E-state index contributed by atoms with van der Waals surface area (Å²) >= 11 is 0. The molecule has 0 N–H and O–H groups in total. The second-order valence-electron chi connectivity index (χ2n) is 5.97. The van der Waals surface area contributed by atoms with Crippen LogP contribution in [0.3, 0.4) is 0 Å². The molecule has 0 saturated heterocycles. The highest BCUT2D eigenvalue weighted by atomic mass is 16.6. The van der Waals surface area contributed by atoms with E-state index in [1.807, 2.05) is 48.5 Å². The van der Waals surface area contributed by atoms with Crippen molar-refractivity contribution < 1.29 is 14.4 Å². The zero-order chi connectivity index (χ0) is 16.5. The van der Waals surface area contributed by atoms with Crippen LogP contribution in [-0.2, 0) is 9.63 Å². The number of nitrogens with zero attached hydrogens (tertiary/aromatic N) is 1. The molecule has 24 heavy (non-hydrogen) atoms. The largest absolute Gasteiger partial charge is 0.496 e. The Morgan fingerprint density at radius 1 is 1.12 bits per heavy atom. The van der Waals surface area contributed by atoms with Crippen LogP contribution in [0.5, 0.6) is 5.75 Å². The monoisotopic (exact) mass is 319 g/mol. The Labute approximate surface area is 140 Å². The second kappa shape index (κ2) is 5.96. The Morgan fingerprint density at radius 3 is 2.58 bits per heavy atom. The molecule has 1 heterocycles. The van der Waals surface area contributed by atoms with Crippen LogP contribution in [0.1, 0.15) is 35.6 Å². The molecule has 120 valence electrons. The molecule has 4 nitrogen and oxygen atoms in total. The quantitative estimate of drug-likeness (QED) is 0.858. The molecule has 1 aliphatic carbocycles. The third kappa shape index (κ3) is 2.60. The van der Waals surface area contributed by atoms with Gasteiger partial charge in [0.2, 0.25) is 0 Å². The number of carbonyl (C=O) groups is 1. The fourth-order valence-electron chi connectivity index (χ4n) is 3.05. The highest BCUT2D eigenvalue weighted by Crippen LogP contribution is 2.33. The van der Waals surface area contributed by atoms with E-state index in [9.17, 15) is 4.79 Å². The first kappa shape index (κ1) is 14.7. The van der Waals surface area contributed by atoms with Crippen molar-refractivity contribution in [2.24, 2.45) is 5.16 Å². The molecule has 2 aromatic carbocycles. The van der Waals surface area contributed by atoms with Crippen LogP contribution in [0.4, 0.5) is 0 Å². The predicted molar refractivity (Wildman–Crippen MR) is 92.0 cm³/mol. The molecule has 0 amide bonds. The minimum atomic E-state index is -0.0871. The maximum atomic E-state index is 11.1. The number of carbonyl (C=O) groups excluding carboxylic acids is 1. The number of hydrogen-bond donors (Lipinski definition) is 0. The number of benzene rings is 2. The first-order valence-corrected chi connectivity index (χ1v) is 7.94. The van der Waals surface area contributed by atoms with Gasteiger partial charge in [-0.3, -0.25) is 4.79 Å². The van der Waals surface area contributed by atoms with Crippen molar-refractivity contribution >= 4 is 17.1 Å². The van der Waals surface area contributed by atoms with Crippen LogP contribution in [0.2, 0.25) is 0 Å². The van der Waals surface area contributed by atoms with E-state index < -0.39 is 0 Å². The van der Waals surface area contributed by atoms with E-state index >= 15 is 0 Å². The lowest BCUT2D eigenvalue weighted by Gasteiger charge is -2.15. The normalized spacial score (nSPS) is 19.2. The SMILES string of the molecule is COc1ccccc1C1=NOC(c2ccc(C3=CC(=O)C3)cc2)C1. The van der Waals surface area contributed by atoms with Gasteiger partial charge in [0.15, 0.2) is 11.9 Å². The molecule has 0 bridgehead atoms. The van der Waals surface area contributed by atoms with E-state index in [1.165, 1.54) is 0 Å². The molecule has 1 atom stereocenters. The van der Waals surface area contributed by atoms with Crippen molar-refractivity contribution in [1.29, 1.82) is 0 Å². The molecule has 0 spiro atoms. The number of para-hydroxylation sites is 1. The minimum Gasteiger partial charge on any atom is -0.496 e. The van der Waals surface area contributed by atoms with Crippen LogP contribution in [0.25, 0.3) is 5.57 Å². The van der Waals surface area contributed by atoms with Gasteiger partial charge < -0.3 is 9.57 Å². The minimum absolute atomic E-state index is 0.0871. The molecule has 0 radical (unpaired) electrons. The number of ether oxygens (including phenoxy) is 1. The third-order valence-corrected chi connectivity index (χ3v) is 4.44. The van der Waals surface area contributed by atoms with Crippen molar-refractivity contribution in [2.45, 2.75) is 18.9 Å². The summed E-state index contributed by atoms with van der Waals surface area (Å²) in [4.78, 5) is 16.7. The summed E-state index contributed by atoms with van der Waals surface area (Å²) in [5.74, 6) is 1.00. The topological polar surface area (TPSA) is 47.9 Å². The Bertz CT molecular complexity index is 849. The number of rotatable bonds is 4. The fraction of sp³-hybridized carbons (Fsp3) is 0.200. The standard InChI is InChI=1S/C20H17NO3/c1-23-19-5-3-2-4-17(19)18-12-20(24-21-18)14-8-6-13(7-9-14)15-10-16(22)11-15/h2-10,20H,11-12H2,1H3. The number of oxime groups is 1. The molecule has 1 aliphatic heterocycles. The number of hydrogen-bond acceptors (Lipinski definition) is 4. The zero-order valence-electron chi connectivity index (χ0n) is 13.4. The van der Waals surface area contributed by atoms with Crippen LogP contribution in [-0.4, -0.2) is 18.6 Å².